The molecule has 0 aromatic heterocycles. The predicted molar refractivity (Wildman–Crippen MR) is 98.2 cm³/mol. The first-order valence-corrected chi connectivity index (χ1v) is 8.82. The van der Waals surface area contributed by atoms with Crippen LogP contribution in [0.25, 0.3) is 0 Å². The lowest BCUT2D eigenvalue weighted by Crippen LogP contribution is -2.30. The summed E-state index contributed by atoms with van der Waals surface area (Å²) in [6.07, 6.45) is -1.44. The molecule has 156 valence electrons. The van der Waals surface area contributed by atoms with Gasteiger partial charge in [-0.25, -0.2) is 13.2 Å². The lowest BCUT2D eigenvalue weighted by Gasteiger charge is -2.15. The van der Waals surface area contributed by atoms with Gasteiger partial charge in [0.05, 0.1) is 25.3 Å². The zero-order chi connectivity index (χ0) is 21.4. The highest BCUT2D eigenvalue weighted by atomic mass is 19.2. The molecular formula is C20H20F3NO5. The Morgan fingerprint density at radius 1 is 1.00 bits per heavy atom. The molecule has 0 radical (unpaired) electrons. The van der Waals surface area contributed by atoms with Crippen LogP contribution in [0.15, 0.2) is 36.4 Å². The van der Waals surface area contributed by atoms with E-state index in [0.717, 1.165) is 6.07 Å². The van der Waals surface area contributed by atoms with E-state index >= 15 is 0 Å². The number of hydrogen-bond acceptors (Lipinski definition) is 5. The van der Waals surface area contributed by atoms with E-state index in [1.54, 1.807) is 24.3 Å². The summed E-state index contributed by atoms with van der Waals surface area (Å²) in [6, 6.07) is 8.47. The van der Waals surface area contributed by atoms with Gasteiger partial charge in [0, 0.05) is 0 Å². The summed E-state index contributed by atoms with van der Waals surface area (Å²) >= 11 is 0. The van der Waals surface area contributed by atoms with Gasteiger partial charge in [0.2, 0.25) is 0 Å². The maximum absolute atomic E-state index is 13.6. The first-order valence-electron chi connectivity index (χ1n) is 8.82. The molecule has 29 heavy (non-hydrogen) atoms. The molecule has 9 heteroatoms. The second-order valence-electron chi connectivity index (χ2n) is 5.82. The van der Waals surface area contributed by atoms with E-state index in [0.29, 0.717) is 24.2 Å². The summed E-state index contributed by atoms with van der Waals surface area (Å²) in [4.78, 5) is 23.9. The number of nitrogens with one attached hydrogen (secondary N) is 1. The van der Waals surface area contributed by atoms with E-state index in [4.69, 9.17) is 14.2 Å². The number of ether oxygens (including phenoxy) is 3. The molecule has 0 aliphatic carbocycles. The molecule has 0 aliphatic rings. The van der Waals surface area contributed by atoms with Gasteiger partial charge in [-0.1, -0.05) is 12.1 Å². The molecule has 1 N–H and O–H groups in total. The van der Waals surface area contributed by atoms with Crippen LogP contribution < -0.4 is 14.8 Å². The highest BCUT2D eigenvalue weighted by molar-refractivity contribution is 5.95. The van der Waals surface area contributed by atoms with Gasteiger partial charge in [0.15, 0.2) is 35.1 Å². The Morgan fingerprint density at radius 3 is 2.31 bits per heavy atom. The summed E-state index contributed by atoms with van der Waals surface area (Å²) in [5, 5.41) is 2.04. The Kier molecular flexibility index (Phi) is 7.88. The van der Waals surface area contributed by atoms with E-state index in [-0.39, 0.29) is 13.0 Å². The monoisotopic (exact) mass is 411 g/mol. The normalized spacial score (nSPS) is 11.5. The molecule has 0 saturated heterocycles. The molecule has 0 unspecified atom stereocenters. The number of carbonyl (C=O) groups excluding carboxylic acids is 2. The van der Waals surface area contributed by atoms with Gasteiger partial charge >= 0.3 is 5.97 Å². The minimum atomic E-state index is -1.71. The number of esters is 1. The summed E-state index contributed by atoms with van der Waals surface area (Å²) in [5.41, 5.74) is -0.562. The Hall–Kier alpha value is -3.23. The third-order valence-corrected chi connectivity index (χ3v) is 3.68. The second-order valence-corrected chi connectivity index (χ2v) is 5.82. The fraction of sp³-hybridized carbons (Fsp3) is 0.300. The molecule has 0 aliphatic heterocycles. The van der Waals surface area contributed by atoms with Crippen molar-refractivity contribution in [3.05, 3.63) is 53.8 Å². The van der Waals surface area contributed by atoms with Crippen LogP contribution >= 0.6 is 0 Å². The Morgan fingerprint density at radius 2 is 1.66 bits per heavy atom. The third-order valence-electron chi connectivity index (χ3n) is 3.68. The van der Waals surface area contributed by atoms with Crippen molar-refractivity contribution < 1.29 is 37.0 Å². The quantitative estimate of drug-likeness (QED) is 0.501. The molecule has 2 rings (SSSR count). The van der Waals surface area contributed by atoms with Gasteiger partial charge in [-0.05, 0) is 38.1 Å². The number of anilines is 1. The lowest BCUT2D eigenvalue weighted by atomic mass is 10.2. The van der Waals surface area contributed by atoms with Crippen molar-refractivity contribution in [1.29, 1.82) is 0 Å². The average molecular weight is 411 g/mol. The van der Waals surface area contributed by atoms with Gasteiger partial charge in [-0.3, -0.25) is 9.59 Å². The van der Waals surface area contributed by atoms with Crippen LogP contribution in [0.4, 0.5) is 18.9 Å². The smallest absolute Gasteiger partial charge is 0.310 e. The number of hydrogen-bond donors (Lipinski definition) is 1. The minimum absolute atomic E-state index is 0.0188. The first kappa shape index (κ1) is 22.1. The van der Waals surface area contributed by atoms with Gasteiger partial charge in [0.1, 0.15) is 0 Å². The van der Waals surface area contributed by atoms with E-state index < -0.39 is 41.1 Å². The molecule has 1 atom stereocenters. The minimum Gasteiger partial charge on any atom is -0.490 e. The SMILES string of the molecule is CCOc1ccccc1OCCC(=O)O[C@H](C)C(=O)Nc1ccc(F)c(F)c1F. The maximum Gasteiger partial charge on any atom is 0.310 e. The molecule has 0 fully saturated rings. The van der Waals surface area contributed by atoms with E-state index in [2.05, 4.69) is 0 Å². The number of para-hydroxylation sites is 2. The molecule has 6 nitrogen and oxygen atoms in total. The van der Waals surface area contributed by atoms with Crippen LogP contribution in [0.1, 0.15) is 20.3 Å². The maximum atomic E-state index is 13.6. The molecule has 0 spiro atoms. The molecule has 2 aromatic carbocycles. The van der Waals surface area contributed by atoms with Crippen LogP contribution in [-0.4, -0.2) is 31.2 Å². The molecule has 0 saturated carbocycles. The highest BCUT2D eigenvalue weighted by Gasteiger charge is 2.21. The standard InChI is InChI=1S/C20H20F3NO5/c1-3-27-15-6-4-5-7-16(15)28-11-10-17(25)29-12(2)20(26)24-14-9-8-13(21)18(22)19(14)23/h4-9,12H,3,10-11H2,1-2H3,(H,24,26)/t12-/m1/s1. The Labute approximate surface area is 165 Å². The zero-order valence-electron chi connectivity index (χ0n) is 15.8. The van der Waals surface area contributed by atoms with E-state index in [1.165, 1.54) is 6.92 Å². The zero-order valence-corrected chi connectivity index (χ0v) is 15.8. The Balaban J connectivity index is 1.83. The largest absolute Gasteiger partial charge is 0.490 e. The van der Waals surface area contributed by atoms with Crippen molar-refractivity contribution in [2.75, 3.05) is 18.5 Å². The van der Waals surface area contributed by atoms with Gasteiger partial charge in [-0.15, -0.1) is 0 Å². The average Bonchev–Trinajstić information content (AvgIpc) is 2.69. The number of amides is 1. The number of rotatable bonds is 9. The fourth-order valence-corrected chi connectivity index (χ4v) is 2.25. The summed E-state index contributed by atoms with van der Waals surface area (Å²) in [6.45, 7) is 3.52. The number of carbonyl (C=O) groups is 2. The lowest BCUT2D eigenvalue weighted by molar-refractivity contribution is -0.153. The summed E-state index contributed by atoms with van der Waals surface area (Å²) in [7, 11) is 0. The van der Waals surface area contributed by atoms with Gasteiger partial charge in [-0.2, -0.15) is 0 Å². The van der Waals surface area contributed by atoms with Crippen LogP contribution in [0.5, 0.6) is 11.5 Å². The molecular weight excluding hydrogens is 391 g/mol. The van der Waals surface area contributed by atoms with Crippen molar-refractivity contribution in [3.63, 3.8) is 0 Å². The number of halogens is 3. The fourth-order valence-electron chi connectivity index (χ4n) is 2.25. The predicted octanol–water partition coefficient (Wildman–Crippen LogP) is 3.84. The van der Waals surface area contributed by atoms with Crippen LogP contribution in [-0.2, 0) is 14.3 Å². The molecule has 1 amide bonds. The topological polar surface area (TPSA) is 73.9 Å². The van der Waals surface area contributed by atoms with Crippen LogP contribution in [0.2, 0.25) is 0 Å². The van der Waals surface area contributed by atoms with Crippen molar-refractivity contribution >= 4 is 17.6 Å². The van der Waals surface area contributed by atoms with E-state index in [9.17, 15) is 22.8 Å². The van der Waals surface area contributed by atoms with Crippen molar-refractivity contribution in [2.24, 2.45) is 0 Å². The van der Waals surface area contributed by atoms with Crippen molar-refractivity contribution in [3.8, 4) is 11.5 Å². The van der Waals surface area contributed by atoms with Crippen molar-refractivity contribution in [2.45, 2.75) is 26.4 Å². The molecule has 0 heterocycles. The van der Waals surface area contributed by atoms with Gasteiger partial charge < -0.3 is 19.5 Å². The molecule has 0 bridgehead atoms. The molecule has 2 aromatic rings. The van der Waals surface area contributed by atoms with Crippen LogP contribution in [0, 0.1) is 17.5 Å². The number of benzene rings is 2. The highest BCUT2D eigenvalue weighted by Crippen LogP contribution is 2.26. The summed E-state index contributed by atoms with van der Waals surface area (Å²) < 4.78 is 55.5. The van der Waals surface area contributed by atoms with Gasteiger partial charge in [0.25, 0.3) is 5.91 Å². The van der Waals surface area contributed by atoms with Crippen molar-refractivity contribution in [1.82, 2.24) is 0 Å². The second kappa shape index (κ2) is 10.4. The van der Waals surface area contributed by atoms with Crippen LogP contribution in [0.3, 0.4) is 0 Å². The third kappa shape index (κ3) is 6.13. The Bertz CT molecular complexity index is 875. The summed E-state index contributed by atoms with van der Waals surface area (Å²) in [5.74, 6) is -5.27. The van der Waals surface area contributed by atoms with E-state index in [1.807, 2.05) is 12.2 Å². The first-order chi connectivity index (χ1) is 13.8.